The number of halogens is 1. The lowest BCUT2D eigenvalue weighted by atomic mass is 10.0. The van der Waals surface area contributed by atoms with Gasteiger partial charge in [-0.25, -0.2) is 4.99 Å². The molecule has 0 bridgehead atoms. The van der Waals surface area contributed by atoms with Crippen molar-refractivity contribution in [3.8, 4) is 11.1 Å². The molecule has 0 heterocycles. The number of aliphatic imine (C=N–C) groups is 2. The van der Waals surface area contributed by atoms with E-state index in [-0.39, 0.29) is 5.29 Å². The van der Waals surface area contributed by atoms with E-state index in [4.69, 9.17) is 17.3 Å². The minimum atomic E-state index is 0.145. The van der Waals surface area contributed by atoms with Gasteiger partial charge in [-0.05, 0) is 34.4 Å². The molecule has 0 amide bonds. The first-order valence-electron chi connectivity index (χ1n) is 7.96. The normalized spacial score (nSPS) is 12.2. The van der Waals surface area contributed by atoms with Crippen molar-refractivity contribution in [3.05, 3.63) is 96.1 Å². The van der Waals surface area contributed by atoms with E-state index in [1.54, 1.807) is 0 Å². The third-order valence-electron chi connectivity index (χ3n) is 3.71. The second-order valence-corrected chi connectivity index (χ2v) is 5.85. The van der Waals surface area contributed by atoms with Crippen molar-refractivity contribution in [3.63, 3.8) is 0 Å². The summed E-state index contributed by atoms with van der Waals surface area (Å²) in [6.07, 6.45) is 0. The summed E-state index contributed by atoms with van der Waals surface area (Å²) >= 11 is 6.11. The van der Waals surface area contributed by atoms with Crippen LogP contribution in [0.1, 0.15) is 11.1 Å². The molecule has 124 valence electrons. The number of amidine groups is 2. The largest absolute Gasteiger partial charge is 0.383 e. The molecule has 3 aromatic rings. The molecular weight excluding hydrogens is 330 g/mol. The van der Waals surface area contributed by atoms with Crippen LogP contribution in [0.4, 0.5) is 0 Å². The Morgan fingerprint density at radius 3 is 2.16 bits per heavy atom. The van der Waals surface area contributed by atoms with E-state index in [9.17, 15) is 0 Å². The molecule has 0 radical (unpaired) electrons. The van der Waals surface area contributed by atoms with Gasteiger partial charge in [0.2, 0.25) is 5.29 Å². The number of hydrogen-bond acceptors (Lipinski definition) is 1. The number of benzene rings is 3. The van der Waals surface area contributed by atoms with E-state index in [2.05, 4.69) is 22.1 Å². The van der Waals surface area contributed by atoms with Gasteiger partial charge in [0.05, 0.1) is 6.54 Å². The van der Waals surface area contributed by atoms with Crippen molar-refractivity contribution in [2.24, 2.45) is 15.7 Å². The fourth-order valence-electron chi connectivity index (χ4n) is 2.43. The predicted octanol–water partition coefficient (Wildman–Crippen LogP) is 4.85. The molecule has 0 aliphatic heterocycles. The minimum absolute atomic E-state index is 0.145. The quantitative estimate of drug-likeness (QED) is 0.409. The summed E-state index contributed by atoms with van der Waals surface area (Å²) < 4.78 is 0. The van der Waals surface area contributed by atoms with Crippen LogP contribution in [0.3, 0.4) is 0 Å². The predicted molar refractivity (Wildman–Crippen MR) is 106 cm³/mol. The maximum atomic E-state index is 6.11. The first kappa shape index (κ1) is 16.9. The van der Waals surface area contributed by atoms with Crippen LogP contribution in [0.2, 0.25) is 0 Å². The summed E-state index contributed by atoms with van der Waals surface area (Å²) in [7, 11) is 0. The molecule has 2 N–H and O–H groups in total. The van der Waals surface area contributed by atoms with Crippen LogP contribution in [0, 0.1) is 0 Å². The molecule has 3 rings (SSSR count). The lowest BCUT2D eigenvalue weighted by molar-refractivity contribution is 1.07. The van der Waals surface area contributed by atoms with E-state index in [0.717, 1.165) is 22.3 Å². The Morgan fingerprint density at radius 2 is 1.44 bits per heavy atom. The Labute approximate surface area is 152 Å². The highest BCUT2D eigenvalue weighted by atomic mass is 35.5. The minimum Gasteiger partial charge on any atom is -0.383 e. The number of rotatable bonds is 4. The fraction of sp³-hybridized carbons (Fsp3) is 0.0476. The maximum absolute atomic E-state index is 6.11. The molecule has 0 atom stereocenters. The molecule has 0 spiro atoms. The van der Waals surface area contributed by atoms with Gasteiger partial charge in [0.1, 0.15) is 5.84 Å². The van der Waals surface area contributed by atoms with Crippen LogP contribution < -0.4 is 5.73 Å². The van der Waals surface area contributed by atoms with Crippen molar-refractivity contribution in [1.29, 1.82) is 0 Å². The average Bonchev–Trinajstić information content (AvgIpc) is 2.68. The van der Waals surface area contributed by atoms with Gasteiger partial charge < -0.3 is 5.73 Å². The smallest absolute Gasteiger partial charge is 0.220 e. The standard InChI is InChI=1S/C21H18ClN3/c22-21(24-15-16-8-3-1-4-9-16)25-20(23)19-13-7-12-18(14-19)17-10-5-2-6-11-17/h1-14H,15H2,(H2,23,24,25). The van der Waals surface area contributed by atoms with Crippen molar-refractivity contribution in [1.82, 2.24) is 0 Å². The van der Waals surface area contributed by atoms with Gasteiger partial charge in [0.15, 0.2) is 0 Å². The summed E-state index contributed by atoms with van der Waals surface area (Å²) in [4.78, 5) is 8.46. The third-order valence-corrected chi connectivity index (χ3v) is 3.92. The molecular formula is C21H18ClN3. The van der Waals surface area contributed by atoms with Crippen LogP contribution in [-0.2, 0) is 6.54 Å². The fourth-order valence-corrected chi connectivity index (χ4v) is 2.58. The molecule has 3 aromatic carbocycles. The molecule has 25 heavy (non-hydrogen) atoms. The molecule has 0 unspecified atom stereocenters. The molecule has 0 aliphatic rings. The van der Waals surface area contributed by atoms with Crippen molar-refractivity contribution in [2.45, 2.75) is 6.54 Å². The van der Waals surface area contributed by atoms with Gasteiger partial charge in [-0.15, -0.1) is 0 Å². The summed E-state index contributed by atoms with van der Waals surface area (Å²) in [5, 5.41) is 0.145. The highest BCUT2D eigenvalue weighted by Crippen LogP contribution is 2.20. The van der Waals surface area contributed by atoms with Crippen LogP contribution in [0.25, 0.3) is 11.1 Å². The molecule has 3 nitrogen and oxygen atoms in total. The Hall–Kier alpha value is -2.91. The molecule has 0 aromatic heterocycles. The van der Waals surface area contributed by atoms with Gasteiger partial charge >= 0.3 is 0 Å². The zero-order valence-electron chi connectivity index (χ0n) is 13.6. The maximum Gasteiger partial charge on any atom is 0.220 e. The summed E-state index contributed by atoms with van der Waals surface area (Å²) in [6, 6.07) is 27.9. The highest BCUT2D eigenvalue weighted by molar-refractivity contribution is 6.65. The van der Waals surface area contributed by atoms with Crippen molar-refractivity contribution < 1.29 is 0 Å². The topological polar surface area (TPSA) is 50.7 Å². The Morgan fingerprint density at radius 1 is 0.800 bits per heavy atom. The zero-order valence-corrected chi connectivity index (χ0v) is 14.4. The molecule has 0 aliphatic carbocycles. The molecule has 0 saturated carbocycles. The van der Waals surface area contributed by atoms with E-state index in [1.807, 2.05) is 72.8 Å². The second kappa shape index (κ2) is 8.27. The van der Waals surface area contributed by atoms with Gasteiger partial charge in [-0.3, -0.25) is 4.99 Å². The van der Waals surface area contributed by atoms with E-state index in [0.29, 0.717) is 12.4 Å². The highest BCUT2D eigenvalue weighted by Gasteiger charge is 2.03. The monoisotopic (exact) mass is 347 g/mol. The van der Waals surface area contributed by atoms with Crippen LogP contribution in [-0.4, -0.2) is 11.1 Å². The van der Waals surface area contributed by atoms with Gasteiger partial charge in [0, 0.05) is 5.56 Å². The van der Waals surface area contributed by atoms with E-state index >= 15 is 0 Å². The molecule has 0 saturated heterocycles. The van der Waals surface area contributed by atoms with Gasteiger partial charge in [-0.1, -0.05) is 78.9 Å². The van der Waals surface area contributed by atoms with Crippen LogP contribution >= 0.6 is 11.6 Å². The van der Waals surface area contributed by atoms with Crippen LogP contribution in [0.15, 0.2) is 94.9 Å². The summed E-state index contributed by atoms with van der Waals surface area (Å²) in [5.41, 5.74) is 10.2. The zero-order chi connectivity index (χ0) is 17.5. The Bertz CT molecular complexity index is 887. The third kappa shape index (κ3) is 4.78. The Balaban J connectivity index is 1.78. The lowest BCUT2D eigenvalue weighted by Crippen LogP contribution is -2.14. The van der Waals surface area contributed by atoms with E-state index < -0.39 is 0 Å². The van der Waals surface area contributed by atoms with Crippen molar-refractivity contribution >= 4 is 22.7 Å². The molecule has 4 heteroatoms. The lowest BCUT2D eigenvalue weighted by Gasteiger charge is -2.05. The first-order chi connectivity index (χ1) is 12.2. The summed E-state index contributed by atoms with van der Waals surface area (Å²) in [5.74, 6) is 0.347. The van der Waals surface area contributed by atoms with Crippen LogP contribution in [0.5, 0.6) is 0 Å². The number of hydrogen-bond donors (Lipinski definition) is 1. The Kier molecular flexibility index (Phi) is 5.60. The second-order valence-electron chi connectivity index (χ2n) is 5.51. The van der Waals surface area contributed by atoms with Crippen molar-refractivity contribution in [2.75, 3.05) is 0 Å². The average molecular weight is 348 g/mol. The number of nitrogens with zero attached hydrogens (tertiary/aromatic N) is 2. The van der Waals surface area contributed by atoms with Gasteiger partial charge in [0.25, 0.3) is 0 Å². The summed E-state index contributed by atoms with van der Waals surface area (Å²) in [6.45, 7) is 0.473. The SMILES string of the molecule is N/C(=N\C(Cl)=N/Cc1ccccc1)c1cccc(-c2ccccc2)c1. The van der Waals surface area contributed by atoms with Gasteiger partial charge in [-0.2, -0.15) is 0 Å². The van der Waals surface area contributed by atoms with E-state index in [1.165, 1.54) is 0 Å². The number of nitrogens with two attached hydrogens (primary N) is 1. The first-order valence-corrected chi connectivity index (χ1v) is 8.34. The molecule has 0 fully saturated rings.